The van der Waals surface area contributed by atoms with Crippen molar-refractivity contribution in [1.29, 1.82) is 0 Å². The predicted molar refractivity (Wildman–Crippen MR) is 78.5 cm³/mol. The van der Waals surface area contributed by atoms with Gasteiger partial charge in [0.25, 0.3) is 0 Å². The van der Waals surface area contributed by atoms with Crippen LogP contribution in [-0.4, -0.2) is 5.60 Å². The van der Waals surface area contributed by atoms with E-state index in [1.54, 1.807) is 0 Å². The van der Waals surface area contributed by atoms with E-state index in [1.165, 1.54) is 12.8 Å². The first-order chi connectivity index (χ1) is 9.02. The zero-order valence-electron chi connectivity index (χ0n) is 11.7. The van der Waals surface area contributed by atoms with E-state index in [0.29, 0.717) is 11.8 Å². The summed E-state index contributed by atoms with van der Waals surface area (Å²) in [6, 6.07) is 5.86. The molecule has 0 aromatic heterocycles. The molecule has 0 amide bonds. The Hall–Kier alpha value is -0.730. The van der Waals surface area contributed by atoms with Crippen LogP contribution in [0.25, 0.3) is 0 Å². The van der Waals surface area contributed by atoms with E-state index in [2.05, 4.69) is 13.8 Å². The second-order valence-electron chi connectivity index (χ2n) is 6.32. The van der Waals surface area contributed by atoms with Crippen LogP contribution < -0.4 is 10.5 Å². The van der Waals surface area contributed by atoms with Gasteiger partial charge in [0.15, 0.2) is 0 Å². The molecule has 1 saturated carbocycles. The highest BCUT2D eigenvalue weighted by atomic mass is 35.5. The molecule has 4 atom stereocenters. The second kappa shape index (κ2) is 4.68. The number of halogens is 1. The highest BCUT2D eigenvalue weighted by Gasteiger charge is 2.47. The highest BCUT2D eigenvalue weighted by Crippen LogP contribution is 2.49. The third-order valence-corrected chi connectivity index (χ3v) is 5.43. The smallest absolute Gasteiger partial charge is 0.125 e. The summed E-state index contributed by atoms with van der Waals surface area (Å²) in [7, 11) is 0. The van der Waals surface area contributed by atoms with Gasteiger partial charge in [-0.2, -0.15) is 0 Å². The zero-order valence-corrected chi connectivity index (χ0v) is 12.4. The van der Waals surface area contributed by atoms with Crippen LogP contribution in [0, 0.1) is 11.8 Å². The van der Waals surface area contributed by atoms with Crippen LogP contribution in [-0.2, 0) is 0 Å². The number of hydrogen-bond donors (Lipinski definition) is 1. The molecule has 1 aromatic carbocycles. The normalized spacial score (nSPS) is 37.8. The van der Waals surface area contributed by atoms with Crippen LogP contribution in [0.4, 0.5) is 0 Å². The first-order valence-corrected chi connectivity index (χ1v) is 7.64. The van der Waals surface area contributed by atoms with Crippen molar-refractivity contribution >= 4 is 11.6 Å². The van der Waals surface area contributed by atoms with Gasteiger partial charge in [-0.05, 0) is 42.9 Å². The molecular formula is C16H22ClNO. The topological polar surface area (TPSA) is 35.2 Å². The van der Waals surface area contributed by atoms with Gasteiger partial charge in [-0.15, -0.1) is 0 Å². The minimum Gasteiger partial charge on any atom is -0.487 e. The number of benzene rings is 1. The zero-order chi connectivity index (χ0) is 13.6. The SMILES string of the molecule is CC1CCCC2(C[C@@H](N)c3cc(Cl)ccc3O2)C1C. The molecule has 2 aliphatic rings. The standard InChI is InChI=1S/C16H22ClNO/c1-10-4-3-7-16(11(10)2)9-14(18)13-8-12(17)5-6-15(13)19-16/h5-6,8,10-11,14H,3-4,7,9,18H2,1-2H3/t10?,11?,14-,16?/m1/s1. The average Bonchev–Trinajstić information content (AvgIpc) is 2.37. The minimum atomic E-state index is -0.0715. The van der Waals surface area contributed by atoms with E-state index in [-0.39, 0.29) is 11.6 Å². The monoisotopic (exact) mass is 279 g/mol. The van der Waals surface area contributed by atoms with Gasteiger partial charge in [-0.3, -0.25) is 0 Å². The molecule has 3 rings (SSSR count). The molecule has 1 heterocycles. The van der Waals surface area contributed by atoms with E-state index >= 15 is 0 Å². The highest BCUT2D eigenvalue weighted by molar-refractivity contribution is 6.30. The lowest BCUT2D eigenvalue weighted by Gasteiger charge is -2.49. The first-order valence-electron chi connectivity index (χ1n) is 7.26. The quantitative estimate of drug-likeness (QED) is 0.768. The predicted octanol–water partition coefficient (Wildman–Crippen LogP) is 4.32. The molecule has 1 aliphatic heterocycles. The molecule has 1 spiro atoms. The maximum Gasteiger partial charge on any atom is 0.125 e. The van der Waals surface area contributed by atoms with Gasteiger partial charge in [0.05, 0.1) is 0 Å². The lowest BCUT2D eigenvalue weighted by molar-refractivity contribution is -0.0614. The summed E-state index contributed by atoms with van der Waals surface area (Å²) < 4.78 is 6.43. The Morgan fingerprint density at radius 2 is 2.16 bits per heavy atom. The van der Waals surface area contributed by atoms with Gasteiger partial charge in [-0.1, -0.05) is 31.9 Å². The molecule has 3 heteroatoms. The summed E-state index contributed by atoms with van der Waals surface area (Å²) in [5.74, 6) is 2.19. The van der Waals surface area contributed by atoms with E-state index in [4.69, 9.17) is 22.1 Å². The molecule has 2 nitrogen and oxygen atoms in total. The molecular weight excluding hydrogens is 258 g/mol. The van der Waals surface area contributed by atoms with Gasteiger partial charge in [-0.25, -0.2) is 0 Å². The van der Waals surface area contributed by atoms with Crippen molar-refractivity contribution in [3.63, 3.8) is 0 Å². The molecule has 0 saturated heterocycles. The number of fused-ring (bicyclic) bond motifs is 1. The van der Waals surface area contributed by atoms with Crippen LogP contribution in [0.15, 0.2) is 18.2 Å². The van der Waals surface area contributed by atoms with Crippen molar-refractivity contribution in [1.82, 2.24) is 0 Å². The van der Waals surface area contributed by atoms with Crippen molar-refractivity contribution < 1.29 is 4.74 Å². The summed E-state index contributed by atoms with van der Waals surface area (Å²) in [4.78, 5) is 0. The molecule has 19 heavy (non-hydrogen) atoms. The first kappa shape index (κ1) is 13.3. The summed E-state index contributed by atoms with van der Waals surface area (Å²) in [5.41, 5.74) is 7.38. The lowest BCUT2D eigenvalue weighted by atomic mass is 9.66. The summed E-state index contributed by atoms with van der Waals surface area (Å²) in [6.07, 6.45) is 4.57. The van der Waals surface area contributed by atoms with E-state index in [0.717, 1.165) is 29.2 Å². The van der Waals surface area contributed by atoms with Crippen molar-refractivity contribution in [2.24, 2.45) is 17.6 Å². The maximum absolute atomic E-state index is 6.43. The Kier molecular flexibility index (Phi) is 3.26. The largest absolute Gasteiger partial charge is 0.487 e. The molecule has 104 valence electrons. The Labute approximate surface area is 120 Å². The van der Waals surface area contributed by atoms with Crippen molar-refractivity contribution in [3.8, 4) is 5.75 Å². The molecule has 2 N–H and O–H groups in total. The van der Waals surface area contributed by atoms with Crippen LogP contribution in [0.5, 0.6) is 5.75 Å². The fourth-order valence-corrected chi connectivity index (χ4v) is 3.98. The van der Waals surface area contributed by atoms with Gasteiger partial charge < -0.3 is 10.5 Å². The maximum atomic E-state index is 6.43. The van der Waals surface area contributed by atoms with Crippen molar-refractivity contribution in [2.45, 2.75) is 51.2 Å². The molecule has 0 bridgehead atoms. The van der Waals surface area contributed by atoms with Gasteiger partial charge in [0.1, 0.15) is 11.4 Å². The van der Waals surface area contributed by atoms with Crippen molar-refractivity contribution in [2.75, 3.05) is 0 Å². The third-order valence-electron chi connectivity index (χ3n) is 5.19. The Morgan fingerprint density at radius 3 is 2.95 bits per heavy atom. The molecule has 0 radical (unpaired) electrons. The van der Waals surface area contributed by atoms with Crippen molar-refractivity contribution in [3.05, 3.63) is 28.8 Å². The van der Waals surface area contributed by atoms with Gasteiger partial charge in [0.2, 0.25) is 0 Å². The van der Waals surface area contributed by atoms with Gasteiger partial charge in [0, 0.05) is 23.0 Å². The third kappa shape index (κ3) is 2.15. The summed E-state index contributed by atoms with van der Waals surface area (Å²) >= 11 is 6.06. The molecule has 1 aromatic rings. The number of hydrogen-bond acceptors (Lipinski definition) is 2. The van der Waals surface area contributed by atoms with Crippen LogP contribution in [0.3, 0.4) is 0 Å². The lowest BCUT2D eigenvalue weighted by Crippen LogP contribution is -2.51. The van der Waals surface area contributed by atoms with E-state index in [1.807, 2.05) is 18.2 Å². The van der Waals surface area contributed by atoms with E-state index in [9.17, 15) is 0 Å². The fraction of sp³-hybridized carbons (Fsp3) is 0.625. The minimum absolute atomic E-state index is 0.0372. The van der Waals surface area contributed by atoms with Crippen LogP contribution >= 0.6 is 11.6 Å². The van der Waals surface area contributed by atoms with Gasteiger partial charge >= 0.3 is 0 Å². The number of nitrogens with two attached hydrogens (primary N) is 1. The average molecular weight is 280 g/mol. The Balaban J connectivity index is 1.98. The number of ether oxygens (including phenoxy) is 1. The summed E-state index contributed by atoms with van der Waals surface area (Å²) in [6.45, 7) is 4.65. The molecule has 3 unspecified atom stereocenters. The van der Waals surface area contributed by atoms with Crippen LogP contribution in [0.1, 0.15) is 51.1 Å². The Morgan fingerprint density at radius 1 is 1.37 bits per heavy atom. The molecule has 1 fully saturated rings. The van der Waals surface area contributed by atoms with Crippen LogP contribution in [0.2, 0.25) is 5.02 Å². The second-order valence-corrected chi connectivity index (χ2v) is 6.75. The molecule has 1 aliphatic carbocycles. The number of rotatable bonds is 0. The summed E-state index contributed by atoms with van der Waals surface area (Å²) in [5, 5.41) is 0.735. The Bertz CT molecular complexity index is 490. The van der Waals surface area contributed by atoms with E-state index < -0.39 is 0 Å². The fourth-order valence-electron chi connectivity index (χ4n) is 3.80.